The second-order valence-corrected chi connectivity index (χ2v) is 8.16. The molecule has 0 saturated heterocycles. The number of nitrogens with zero attached hydrogens (tertiary/aromatic N) is 1. The molecule has 1 amide bonds. The van der Waals surface area contributed by atoms with E-state index >= 15 is 0 Å². The first-order chi connectivity index (χ1) is 15.3. The van der Waals surface area contributed by atoms with Gasteiger partial charge in [-0.25, -0.2) is 13.6 Å². The molecule has 0 aliphatic heterocycles. The molecule has 1 aromatic heterocycles. The first kappa shape index (κ1) is 20.2. The number of oxazole rings is 1. The van der Waals surface area contributed by atoms with E-state index in [-0.39, 0.29) is 0 Å². The van der Waals surface area contributed by atoms with Gasteiger partial charge in [-0.3, -0.25) is 9.36 Å². The molecule has 0 bridgehead atoms. The summed E-state index contributed by atoms with van der Waals surface area (Å²) in [5.74, 6) is -2.73. The van der Waals surface area contributed by atoms with Crippen molar-refractivity contribution in [3.05, 3.63) is 87.4 Å². The highest BCUT2D eigenvalue weighted by atomic mass is 19.1. The number of anilines is 1. The number of carbonyl (C=O) groups excluding carboxylic acids is 1. The zero-order valence-electron chi connectivity index (χ0n) is 17.5. The largest absolute Gasteiger partial charge is 0.419 e. The molecule has 0 unspecified atom stereocenters. The highest BCUT2D eigenvalue weighted by Gasteiger charge is 2.31. The first-order valence-corrected chi connectivity index (χ1v) is 10.3. The van der Waals surface area contributed by atoms with Crippen LogP contribution in [0.2, 0.25) is 0 Å². The second kappa shape index (κ2) is 7.44. The molecule has 1 fully saturated rings. The molecule has 0 atom stereocenters. The van der Waals surface area contributed by atoms with E-state index in [0.29, 0.717) is 17.2 Å². The van der Waals surface area contributed by atoms with E-state index in [0.717, 1.165) is 52.7 Å². The van der Waals surface area contributed by atoms with Crippen LogP contribution in [0.5, 0.6) is 0 Å². The van der Waals surface area contributed by atoms with E-state index in [1.165, 1.54) is 10.6 Å². The molecule has 1 saturated carbocycles. The predicted octanol–water partition coefficient (Wildman–Crippen LogP) is 5.51. The molecular formula is C25H20F2N2O3. The maximum atomic E-state index is 13.9. The average molecular weight is 434 g/mol. The molecule has 1 aliphatic carbocycles. The van der Waals surface area contributed by atoms with Gasteiger partial charge >= 0.3 is 5.76 Å². The van der Waals surface area contributed by atoms with Crippen molar-refractivity contribution >= 4 is 22.7 Å². The van der Waals surface area contributed by atoms with E-state index in [1.807, 2.05) is 31.2 Å². The maximum Gasteiger partial charge on any atom is 0.419 e. The van der Waals surface area contributed by atoms with Crippen LogP contribution in [0.3, 0.4) is 0 Å². The number of aromatic nitrogens is 1. The standard InChI is InChI=1S/C25H20F2N2O3/c1-13-12-15(8-10-19(13)28-24(30)22-17(26)4-3-5-18(22)27)16-9-11-20-23(21(16)14-6-7-14)32-25(31)29(20)2/h3-5,8-12,14H,6-7H2,1-2H3,(H,28,30). The summed E-state index contributed by atoms with van der Waals surface area (Å²) >= 11 is 0. The van der Waals surface area contributed by atoms with E-state index in [4.69, 9.17) is 4.42 Å². The number of benzene rings is 3. The van der Waals surface area contributed by atoms with Crippen molar-refractivity contribution in [2.75, 3.05) is 5.32 Å². The number of rotatable bonds is 4. The number of hydrogen-bond donors (Lipinski definition) is 1. The van der Waals surface area contributed by atoms with E-state index in [9.17, 15) is 18.4 Å². The number of fused-ring (bicyclic) bond motifs is 1. The second-order valence-electron chi connectivity index (χ2n) is 8.16. The van der Waals surface area contributed by atoms with Gasteiger partial charge in [-0.1, -0.05) is 18.2 Å². The highest BCUT2D eigenvalue weighted by Crippen LogP contribution is 2.47. The van der Waals surface area contributed by atoms with Gasteiger partial charge in [0.05, 0.1) is 5.52 Å². The molecule has 3 aromatic carbocycles. The third-order valence-corrected chi connectivity index (χ3v) is 5.96. The minimum absolute atomic E-state index is 0.336. The molecular weight excluding hydrogens is 414 g/mol. The van der Waals surface area contributed by atoms with Gasteiger partial charge in [-0.2, -0.15) is 0 Å². The summed E-state index contributed by atoms with van der Waals surface area (Å²) in [6.45, 7) is 1.81. The van der Waals surface area contributed by atoms with Gasteiger partial charge in [-0.05, 0) is 72.7 Å². The number of nitrogens with one attached hydrogen (secondary N) is 1. The SMILES string of the molecule is Cc1cc(-c2ccc3c(oc(=O)n3C)c2C2CC2)ccc1NC(=O)c1c(F)cccc1F. The lowest BCUT2D eigenvalue weighted by Crippen LogP contribution is -2.16. The molecule has 162 valence electrons. The Morgan fingerprint density at radius 3 is 2.47 bits per heavy atom. The lowest BCUT2D eigenvalue weighted by Gasteiger charge is -2.14. The Morgan fingerprint density at radius 1 is 1.09 bits per heavy atom. The van der Waals surface area contributed by atoms with Gasteiger partial charge < -0.3 is 9.73 Å². The van der Waals surface area contributed by atoms with Crippen LogP contribution in [-0.2, 0) is 7.05 Å². The number of aryl methyl sites for hydroxylation is 2. The molecule has 32 heavy (non-hydrogen) atoms. The summed E-state index contributed by atoms with van der Waals surface area (Å²) in [4.78, 5) is 24.5. The average Bonchev–Trinajstić information content (AvgIpc) is 3.55. The number of halogens is 2. The minimum atomic E-state index is -0.913. The Bertz CT molecular complexity index is 1430. The summed E-state index contributed by atoms with van der Waals surface area (Å²) in [7, 11) is 1.69. The van der Waals surface area contributed by atoms with Crippen LogP contribution in [0, 0.1) is 18.6 Å². The summed E-state index contributed by atoms with van der Waals surface area (Å²) in [5.41, 5.74) is 4.85. The summed E-state index contributed by atoms with van der Waals surface area (Å²) in [5, 5.41) is 2.59. The Hall–Kier alpha value is -3.74. The molecule has 4 aromatic rings. The summed E-state index contributed by atoms with van der Waals surface area (Å²) in [6, 6.07) is 12.6. The van der Waals surface area contributed by atoms with E-state index < -0.39 is 28.9 Å². The Kier molecular flexibility index (Phi) is 4.69. The van der Waals surface area contributed by atoms with E-state index in [1.54, 1.807) is 13.1 Å². The van der Waals surface area contributed by atoms with Crippen LogP contribution in [0.4, 0.5) is 14.5 Å². The van der Waals surface area contributed by atoms with Gasteiger partial charge in [0.25, 0.3) is 5.91 Å². The number of amides is 1. The van der Waals surface area contributed by atoms with Crippen LogP contribution in [0.25, 0.3) is 22.2 Å². The Labute approximate surface area is 182 Å². The molecule has 5 nitrogen and oxygen atoms in total. The van der Waals surface area contributed by atoms with Gasteiger partial charge in [0, 0.05) is 18.3 Å². The van der Waals surface area contributed by atoms with Crippen molar-refractivity contribution in [2.24, 2.45) is 7.05 Å². The van der Waals surface area contributed by atoms with Crippen molar-refractivity contribution in [1.82, 2.24) is 4.57 Å². The molecule has 5 rings (SSSR count). The van der Waals surface area contributed by atoms with E-state index in [2.05, 4.69) is 5.32 Å². The lowest BCUT2D eigenvalue weighted by molar-refractivity contribution is 0.101. The lowest BCUT2D eigenvalue weighted by atomic mass is 9.94. The summed E-state index contributed by atoms with van der Waals surface area (Å²) < 4.78 is 34.9. The topological polar surface area (TPSA) is 64.2 Å². The third kappa shape index (κ3) is 3.30. The molecule has 0 radical (unpaired) electrons. The molecule has 1 aliphatic rings. The van der Waals surface area contributed by atoms with Crippen molar-refractivity contribution < 1.29 is 18.0 Å². The molecule has 1 heterocycles. The van der Waals surface area contributed by atoms with Gasteiger partial charge in [0.1, 0.15) is 17.2 Å². The summed E-state index contributed by atoms with van der Waals surface area (Å²) in [6.07, 6.45) is 2.07. The quantitative estimate of drug-likeness (QED) is 0.460. The first-order valence-electron chi connectivity index (χ1n) is 10.3. The van der Waals surface area contributed by atoms with Gasteiger partial charge in [0.2, 0.25) is 0 Å². The van der Waals surface area contributed by atoms with Crippen LogP contribution in [-0.4, -0.2) is 10.5 Å². The maximum absolute atomic E-state index is 13.9. The van der Waals surface area contributed by atoms with Crippen molar-refractivity contribution in [1.29, 1.82) is 0 Å². The molecule has 7 heteroatoms. The van der Waals surface area contributed by atoms with Crippen molar-refractivity contribution in [3.8, 4) is 11.1 Å². The van der Waals surface area contributed by atoms with Gasteiger partial charge in [0.15, 0.2) is 5.58 Å². The van der Waals surface area contributed by atoms with Gasteiger partial charge in [-0.15, -0.1) is 0 Å². The van der Waals surface area contributed by atoms with Crippen LogP contribution in [0.1, 0.15) is 40.2 Å². The fraction of sp³-hybridized carbons (Fsp3) is 0.200. The normalized spacial score (nSPS) is 13.5. The highest BCUT2D eigenvalue weighted by molar-refractivity contribution is 6.05. The minimum Gasteiger partial charge on any atom is -0.407 e. The number of carbonyl (C=O) groups is 1. The fourth-order valence-electron chi connectivity index (χ4n) is 4.11. The monoisotopic (exact) mass is 434 g/mol. The van der Waals surface area contributed by atoms with Crippen LogP contribution >= 0.6 is 0 Å². The van der Waals surface area contributed by atoms with Crippen molar-refractivity contribution in [3.63, 3.8) is 0 Å². The third-order valence-electron chi connectivity index (χ3n) is 5.96. The molecule has 1 N–H and O–H groups in total. The predicted molar refractivity (Wildman–Crippen MR) is 118 cm³/mol. The Morgan fingerprint density at radius 2 is 1.81 bits per heavy atom. The Balaban J connectivity index is 1.53. The zero-order chi connectivity index (χ0) is 22.6. The smallest absolute Gasteiger partial charge is 0.407 e. The van der Waals surface area contributed by atoms with Crippen LogP contribution in [0.15, 0.2) is 57.7 Å². The number of hydrogen-bond acceptors (Lipinski definition) is 3. The van der Waals surface area contributed by atoms with Crippen molar-refractivity contribution in [2.45, 2.75) is 25.7 Å². The zero-order valence-corrected chi connectivity index (χ0v) is 17.5. The van der Waals surface area contributed by atoms with Crippen LogP contribution < -0.4 is 11.1 Å². The molecule has 0 spiro atoms. The fourth-order valence-corrected chi connectivity index (χ4v) is 4.11.